The molecule has 5 nitrogen and oxygen atoms in total. The molecule has 1 rings (SSSR count). The Morgan fingerprint density at radius 3 is 2.38 bits per heavy atom. The van der Waals surface area contributed by atoms with Gasteiger partial charge in [0.2, 0.25) is 5.91 Å². The SMILES string of the molecule is CC(C)(C)OCCOCCC(=O)Nc1ccc(CN)cc1. The van der Waals surface area contributed by atoms with Crippen LogP contribution in [-0.4, -0.2) is 31.3 Å². The fourth-order valence-corrected chi connectivity index (χ4v) is 1.62. The lowest BCUT2D eigenvalue weighted by Gasteiger charge is -2.19. The third kappa shape index (κ3) is 8.45. The number of anilines is 1. The molecule has 0 aliphatic rings. The average Bonchev–Trinajstić information content (AvgIpc) is 2.42. The van der Waals surface area contributed by atoms with Crippen molar-refractivity contribution in [1.29, 1.82) is 0 Å². The van der Waals surface area contributed by atoms with Gasteiger partial charge in [0.15, 0.2) is 0 Å². The van der Waals surface area contributed by atoms with Gasteiger partial charge in [-0.3, -0.25) is 4.79 Å². The summed E-state index contributed by atoms with van der Waals surface area (Å²) < 4.78 is 10.9. The monoisotopic (exact) mass is 294 g/mol. The van der Waals surface area contributed by atoms with E-state index in [1.165, 1.54) is 0 Å². The Kier molecular flexibility index (Phi) is 7.36. The second kappa shape index (κ2) is 8.77. The Hall–Kier alpha value is -1.43. The van der Waals surface area contributed by atoms with E-state index in [0.717, 1.165) is 11.3 Å². The third-order valence-electron chi connectivity index (χ3n) is 2.71. The van der Waals surface area contributed by atoms with E-state index in [4.69, 9.17) is 15.2 Å². The molecule has 0 saturated carbocycles. The summed E-state index contributed by atoms with van der Waals surface area (Å²) in [6, 6.07) is 7.49. The van der Waals surface area contributed by atoms with Crippen LogP contribution in [0.4, 0.5) is 5.69 Å². The summed E-state index contributed by atoms with van der Waals surface area (Å²) in [4.78, 5) is 11.7. The van der Waals surface area contributed by atoms with Gasteiger partial charge in [-0.25, -0.2) is 0 Å². The maximum atomic E-state index is 11.7. The van der Waals surface area contributed by atoms with Gasteiger partial charge in [-0.2, -0.15) is 0 Å². The standard InChI is InChI=1S/C16H26N2O3/c1-16(2,3)21-11-10-20-9-8-15(19)18-14-6-4-13(12-17)5-7-14/h4-7H,8-12,17H2,1-3H3,(H,18,19). The molecule has 0 saturated heterocycles. The number of ether oxygens (including phenoxy) is 2. The van der Waals surface area contributed by atoms with Crippen LogP contribution < -0.4 is 11.1 Å². The molecule has 1 amide bonds. The molecular formula is C16H26N2O3. The van der Waals surface area contributed by atoms with Crippen LogP contribution in [-0.2, 0) is 20.8 Å². The van der Waals surface area contributed by atoms with E-state index >= 15 is 0 Å². The summed E-state index contributed by atoms with van der Waals surface area (Å²) in [5.41, 5.74) is 7.17. The van der Waals surface area contributed by atoms with E-state index in [1.807, 2.05) is 45.0 Å². The normalized spacial score (nSPS) is 11.4. The summed E-state index contributed by atoms with van der Waals surface area (Å²) in [6.45, 7) is 7.91. The Labute approximate surface area is 126 Å². The second-order valence-electron chi connectivity index (χ2n) is 5.77. The molecule has 21 heavy (non-hydrogen) atoms. The molecule has 0 radical (unpaired) electrons. The molecule has 5 heteroatoms. The topological polar surface area (TPSA) is 73.6 Å². The quantitative estimate of drug-likeness (QED) is 0.722. The third-order valence-corrected chi connectivity index (χ3v) is 2.71. The summed E-state index contributed by atoms with van der Waals surface area (Å²) in [5.74, 6) is -0.0627. The molecule has 0 aliphatic carbocycles. The van der Waals surface area contributed by atoms with E-state index < -0.39 is 0 Å². The highest BCUT2D eigenvalue weighted by molar-refractivity contribution is 5.90. The van der Waals surface area contributed by atoms with Crippen molar-refractivity contribution < 1.29 is 14.3 Å². The fraction of sp³-hybridized carbons (Fsp3) is 0.562. The second-order valence-corrected chi connectivity index (χ2v) is 5.77. The zero-order valence-electron chi connectivity index (χ0n) is 13.1. The molecule has 1 aromatic carbocycles. The lowest BCUT2D eigenvalue weighted by molar-refractivity contribution is -0.117. The first-order chi connectivity index (χ1) is 9.90. The molecule has 0 spiro atoms. The Morgan fingerprint density at radius 1 is 1.14 bits per heavy atom. The number of carbonyl (C=O) groups is 1. The van der Waals surface area contributed by atoms with E-state index in [0.29, 0.717) is 32.8 Å². The molecular weight excluding hydrogens is 268 g/mol. The van der Waals surface area contributed by atoms with Crippen molar-refractivity contribution in [3.63, 3.8) is 0 Å². The Bertz CT molecular complexity index is 424. The van der Waals surface area contributed by atoms with Crippen LogP contribution >= 0.6 is 0 Å². The summed E-state index contributed by atoms with van der Waals surface area (Å²) in [5, 5.41) is 2.82. The number of hydrogen-bond acceptors (Lipinski definition) is 4. The zero-order chi connectivity index (χ0) is 15.7. The minimum Gasteiger partial charge on any atom is -0.379 e. The number of nitrogens with two attached hydrogens (primary N) is 1. The highest BCUT2D eigenvalue weighted by atomic mass is 16.5. The van der Waals surface area contributed by atoms with E-state index in [2.05, 4.69) is 5.32 Å². The van der Waals surface area contributed by atoms with Crippen LogP contribution in [0.15, 0.2) is 24.3 Å². The number of amides is 1. The molecule has 1 aromatic rings. The van der Waals surface area contributed by atoms with Gasteiger partial charge in [0.25, 0.3) is 0 Å². The van der Waals surface area contributed by atoms with Crippen molar-refractivity contribution in [3.05, 3.63) is 29.8 Å². The largest absolute Gasteiger partial charge is 0.379 e. The minimum absolute atomic E-state index is 0.0627. The molecule has 0 fully saturated rings. The van der Waals surface area contributed by atoms with Gasteiger partial charge in [0, 0.05) is 12.2 Å². The van der Waals surface area contributed by atoms with Gasteiger partial charge in [-0.1, -0.05) is 12.1 Å². The molecule has 0 bridgehead atoms. The predicted molar refractivity (Wildman–Crippen MR) is 84.1 cm³/mol. The average molecular weight is 294 g/mol. The first-order valence-corrected chi connectivity index (χ1v) is 7.21. The zero-order valence-corrected chi connectivity index (χ0v) is 13.1. The van der Waals surface area contributed by atoms with Crippen molar-refractivity contribution in [2.75, 3.05) is 25.1 Å². The number of benzene rings is 1. The van der Waals surface area contributed by atoms with Crippen molar-refractivity contribution in [2.45, 2.75) is 39.3 Å². The van der Waals surface area contributed by atoms with Crippen molar-refractivity contribution >= 4 is 11.6 Å². The number of carbonyl (C=O) groups excluding carboxylic acids is 1. The van der Waals surface area contributed by atoms with Crippen LogP contribution in [0.25, 0.3) is 0 Å². The van der Waals surface area contributed by atoms with E-state index in [-0.39, 0.29) is 11.5 Å². The maximum Gasteiger partial charge on any atom is 0.226 e. The van der Waals surface area contributed by atoms with Crippen LogP contribution in [0.1, 0.15) is 32.8 Å². The molecule has 0 aromatic heterocycles. The molecule has 0 atom stereocenters. The van der Waals surface area contributed by atoms with Crippen LogP contribution in [0.3, 0.4) is 0 Å². The number of rotatable bonds is 8. The highest BCUT2D eigenvalue weighted by Gasteiger charge is 2.09. The van der Waals surface area contributed by atoms with Gasteiger partial charge in [0.05, 0.1) is 31.8 Å². The maximum absolute atomic E-state index is 11.7. The highest BCUT2D eigenvalue weighted by Crippen LogP contribution is 2.09. The Balaban J connectivity index is 2.13. The lowest BCUT2D eigenvalue weighted by Crippen LogP contribution is -2.22. The van der Waals surface area contributed by atoms with E-state index in [9.17, 15) is 4.79 Å². The number of hydrogen-bond donors (Lipinski definition) is 2. The van der Waals surface area contributed by atoms with Crippen LogP contribution in [0.5, 0.6) is 0 Å². The van der Waals surface area contributed by atoms with Gasteiger partial charge in [-0.05, 0) is 38.5 Å². The fourth-order valence-electron chi connectivity index (χ4n) is 1.62. The van der Waals surface area contributed by atoms with Gasteiger partial charge >= 0.3 is 0 Å². The van der Waals surface area contributed by atoms with Gasteiger partial charge in [-0.15, -0.1) is 0 Å². The summed E-state index contributed by atoms with van der Waals surface area (Å²) in [6.07, 6.45) is 0.328. The van der Waals surface area contributed by atoms with E-state index in [1.54, 1.807) is 0 Å². The molecule has 118 valence electrons. The van der Waals surface area contributed by atoms with Crippen molar-refractivity contribution in [3.8, 4) is 0 Å². The lowest BCUT2D eigenvalue weighted by atomic mass is 10.2. The van der Waals surface area contributed by atoms with Gasteiger partial charge < -0.3 is 20.5 Å². The van der Waals surface area contributed by atoms with Crippen molar-refractivity contribution in [2.24, 2.45) is 5.73 Å². The molecule has 0 unspecified atom stereocenters. The first kappa shape index (κ1) is 17.6. The molecule has 0 heterocycles. The van der Waals surface area contributed by atoms with Crippen molar-refractivity contribution in [1.82, 2.24) is 0 Å². The smallest absolute Gasteiger partial charge is 0.226 e. The van der Waals surface area contributed by atoms with Gasteiger partial charge in [0.1, 0.15) is 0 Å². The predicted octanol–water partition coefficient (Wildman–Crippen LogP) is 2.31. The van der Waals surface area contributed by atoms with Crippen LogP contribution in [0, 0.1) is 0 Å². The first-order valence-electron chi connectivity index (χ1n) is 7.21. The summed E-state index contributed by atoms with van der Waals surface area (Å²) in [7, 11) is 0. The van der Waals surface area contributed by atoms with Crippen LogP contribution in [0.2, 0.25) is 0 Å². The number of nitrogens with one attached hydrogen (secondary N) is 1. The molecule has 0 aliphatic heterocycles. The summed E-state index contributed by atoms with van der Waals surface area (Å²) >= 11 is 0. The Morgan fingerprint density at radius 2 is 1.81 bits per heavy atom. The minimum atomic E-state index is -0.156. The molecule has 3 N–H and O–H groups in total.